The number of carboxylic acids is 2. The van der Waals surface area contributed by atoms with Crippen molar-refractivity contribution in [3.63, 3.8) is 0 Å². The number of aliphatic carboxylic acids is 2. The summed E-state index contributed by atoms with van der Waals surface area (Å²) in [6, 6.07) is 7.22. The number of rotatable bonds is 5. The van der Waals surface area contributed by atoms with Crippen LogP contribution in [0, 0.1) is 0 Å². The highest BCUT2D eigenvalue weighted by atomic mass is 16.4. The van der Waals surface area contributed by atoms with Gasteiger partial charge < -0.3 is 10.2 Å². The molecular weight excluding hydrogens is 248 g/mol. The Morgan fingerprint density at radius 1 is 1.21 bits per heavy atom. The standard InChI is InChI=1S/C13H14N2O4/c1-2-11-14(7-12(16)17)9-5-3-4-6-10(9)15(11)8-13(18)19/h3-6H,2,7-8H2,1H3,(H-,16,17,18,19)/p+1. The zero-order valence-corrected chi connectivity index (χ0v) is 10.5. The largest absolute Gasteiger partial charge is 0.478 e. The molecule has 0 radical (unpaired) electrons. The molecule has 0 bridgehead atoms. The van der Waals surface area contributed by atoms with E-state index in [2.05, 4.69) is 0 Å². The zero-order valence-electron chi connectivity index (χ0n) is 10.5. The summed E-state index contributed by atoms with van der Waals surface area (Å²) < 4.78 is 3.31. The summed E-state index contributed by atoms with van der Waals surface area (Å²) in [7, 11) is 0. The molecule has 6 nitrogen and oxygen atoms in total. The predicted molar refractivity (Wildman–Crippen MR) is 66.8 cm³/mol. The van der Waals surface area contributed by atoms with E-state index in [1.165, 1.54) is 0 Å². The van der Waals surface area contributed by atoms with Gasteiger partial charge in [0.05, 0.1) is 0 Å². The Kier molecular flexibility index (Phi) is 3.50. The molecule has 0 saturated carbocycles. The van der Waals surface area contributed by atoms with Crippen LogP contribution < -0.4 is 4.57 Å². The topological polar surface area (TPSA) is 83.4 Å². The minimum atomic E-state index is -0.946. The molecule has 0 aliphatic rings. The van der Waals surface area contributed by atoms with Crippen molar-refractivity contribution in [3.05, 3.63) is 30.1 Å². The zero-order chi connectivity index (χ0) is 14.0. The number of aromatic nitrogens is 2. The Morgan fingerprint density at radius 2 is 1.89 bits per heavy atom. The number of nitrogens with zero attached hydrogens (tertiary/aromatic N) is 2. The summed E-state index contributed by atoms with van der Waals surface area (Å²) in [6.45, 7) is 1.54. The second-order valence-electron chi connectivity index (χ2n) is 4.22. The van der Waals surface area contributed by atoms with Gasteiger partial charge in [-0.25, -0.2) is 18.7 Å². The number of carbonyl (C=O) groups is 2. The summed E-state index contributed by atoms with van der Waals surface area (Å²) >= 11 is 0. The maximum Gasteiger partial charge on any atom is 0.346 e. The van der Waals surface area contributed by atoms with Crippen molar-refractivity contribution in [1.29, 1.82) is 0 Å². The van der Waals surface area contributed by atoms with E-state index in [9.17, 15) is 9.59 Å². The van der Waals surface area contributed by atoms with E-state index < -0.39 is 11.9 Å². The molecule has 0 atom stereocenters. The Balaban J connectivity index is 2.71. The molecule has 0 amide bonds. The Morgan fingerprint density at radius 3 is 2.47 bits per heavy atom. The van der Waals surface area contributed by atoms with E-state index in [1.54, 1.807) is 21.3 Å². The molecule has 0 spiro atoms. The van der Waals surface area contributed by atoms with Gasteiger partial charge in [-0.1, -0.05) is 19.1 Å². The van der Waals surface area contributed by atoms with E-state index in [0.29, 0.717) is 12.2 Å². The first kappa shape index (κ1) is 13.1. The maximum absolute atomic E-state index is 11.0. The van der Waals surface area contributed by atoms with Crippen molar-refractivity contribution >= 4 is 23.0 Å². The molecule has 1 aromatic heterocycles. The first-order valence-electron chi connectivity index (χ1n) is 5.98. The van der Waals surface area contributed by atoms with Crippen LogP contribution in [0.4, 0.5) is 0 Å². The molecule has 2 rings (SSSR count). The van der Waals surface area contributed by atoms with Gasteiger partial charge in [-0.15, -0.1) is 0 Å². The number of carboxylic acid groups (broad SMARTS) is 2. The number of imidazole rings is 1. The summed E-state index contributed by atoms with van der Waals surface area (Å²) in [5.41, 5.74) is 1.48. The van der Waals surface area contributed by atoms with Crippen LogP contribution in [0.1, 0.15) is 12.7 Å². The number of hydrogen-bond donors (Lipinski definition) is 2. The second kappa shape index (κ2) is 5.09. The summed E-state index contributed by atoms with van der Waals surface area (Å²) in [5.74, 6) is -1.19. The quantitative estimate of drug-likeness (QED) is 0.776. The Labute approximate surface area is 109 Å². The molecule has 100 valence electrons. The molecular formula is C13H15N2O4+. The molecule has 0 aliphatic heterocycles. The highest BCUT2D eigenvalue weighted by molar-refractivity contribution is 5.76. The molecule has 2 N–H and O–H groups in total. The molecule has 0 unspecified atom stereocenters. The highest BCUT2D eigenvalue weighted by Gasteiger charge is 2.25. The first-order chi connectivity index (χ1) is 9.04. The molecule has 0 saturated heterocycles. The summed E-state index contributed by atoms with van der Waals surface area (Å²) in [5, 5.41) is 18.0. The minimum absolute atomic E-state index is 0.170. The lowest BCUT2D eigenvalue weighted by molar-refractivity contribution is -0.668. The van der Waals surface area contributed by atoms with E-state index in [4.69, 9.17) is 10.2 Å². The van der Waals surface area contributed by atoms with Crippen LogP contribution in [0.3, 0.4) is 0 Å². The second-order valence-corrected chi connectivity index (χ2v) is 4.22. The lowest BCUT2D eigenvalue weighted by atomic mass is 10.3. The Bertz CT molecular complexity index is 592. The first-order valence-corrected chi connectivity index (χ1v) is 5.98. The molecule has 6 heteroatoms. The molecule has 19 heavy (non-hydrogen) atoms. The van der Waals surface area contributed by atoms with Gasteiger partial charge in [0.2, 0.25) is 0 Å². The van der Waals surface area contributed by atoms with Gasteiger partial charge in [-0.2, -0.15) is 0 Å². The highest BCUT2D eigenvalue weighted by Crippen LogP contribution is 2.15. The monoisotopic (exact) mass is 263 g/mol. The van der Waals surface area contributed by atoms with E-state index in [1.807, 2.05) is 19.1 Å². The van der Waals surface area contributed by atoms with Crippen molar-refractivity contribution in [2.75, 3.05) is 0 Å². The third-order valence-corrected chi connectivity index (χ3v) is 2.99. The van der Waals surface area contributed by atoms with Gasteiger partial charge in [-0.3, -0.25) is 0 Å². The van der Waals surface area contributed by atoms with E-state index >= 15 is 0 Å². The molecule has 2 aromatic rings. The smallest absolute Gasteiger partial charge is 0.346 e. The molecule has 0 aliphatic carbocycles. The number of fused-ring (bicyclic) bond motifs is 1. The van der Waals surface area contributed by atoms with Crippen molar-refractivity contribution in [3.8, 4) is 0 Å². The van der Waals surface area contributed by atoms with Crippen LogP contribution in [0.5, 0.6) is 0 Å². The van der Waals surface area contributed by atoms with Crippen molar-refractivity contribution < 1.29 is 24.4 Å². The van der Waals surface area contributed by atoms with Crippen LogP contribution >= 0.6 is 0 Å². The van der Waals surface area contributed by atoms with Gasteiger partial charge in [0.15, 0.2) is 24.1 Å². The van der Waals surface area contributed by atoms with Gasteiger partial charge in [-0.05, 0) is 12.1 Å². The normalized spacial score (nSPS) is 10.8. The number of para-hydroxylation sites is 2. The fourth-order valence-corrected chi connectivity index (χ4v) is 2.35. The van der Waals surface area contributed by atoms with Gasteiger partial charge in [0.25, 0.3) is 5.82 Å². The third kappa shape index (κ3) is 2.42. The van der Waals surface area contributed by atoms with Crippen LogP contribution in [-0.2, 0) is 29.1 Å². The Hall–Kier alpha value is -2.37. The van der Waals surface area contributed by atoms with Crippen molar-refractivity contribution in [2.24, 2.45) is 0 Å². The fraction of sp³-hybridized carbons (Fsp3) is 0.308. The molecule has 0 fully saturated rings. The van der Waals surface area contributed by atoms with E-state index in [-0.39, 0.29) is 13.1 Å². The lowest BCUT2D eigenvalue weighted by Crippen LogP contribution is -2.41. The van der Waals surface area contributed by atoms with Crippen molar-refractivity contribution in [1.82, 2.24) is 4.57 Å². The lowest BCUT2D eigenvalue weighted by Gasteiger charge is -1.99. The predicted octanol–water partition coefficient (Wildman–Crippen LogP) is 0.660. The molecule has 1 heterocycles. The molecule has 1 aromatic carbocycles. The fourth-order valence-electron chi connectivity index (χ4n) is 2.35. The van der Waals surface area contributed by atoms with Crippen LogP contribution in [0.2, 0.25) is 0 Å². The minimum Gasteiger partial charge on any atom is -0.478 e. The van der Waals surface area contributed by atoms with E-state index in [0.717, 1.165) is 11.0 Å². The van der Waals surface area contributed by atoms with Crippen LogP contribution in [-0.4, -0.2) is 26.7 Å². The average Bonchev–Trinajstić information content (AvgIpc) is 2.63. The van der Waals surface area contributed by atoms with Crippen LogP contribution in [0.15, 0.2) is 24.3 Å². The number of hydrogen-bond acceptors (Lipinski definition) is 2. The maximum atomic E-state index is 11.0. The third-order valence-electron chi connectivity index (χ3n) is 2.99. The van der Waals surface area contributed by atoms with Gasteiger partial charge in [0.1, 0.15) is 0 Å². The SMILES string of the molecule is CCc1n(CC(=O)O)c2ccccc2[n+]1CC(=O)O. The van der Waals surface area contributed by atoms with Crippen molar-refractivity contribution in [2.45, 2.75) is 26.4 Å². The van der Waals surface area contributed by atoms with Gasteiger partial charge in [0, 0.05) is 6.42 Å². The summed E-state index contributed by atoms with van der Waals surface area (Å²) in [4.78, 5) is 21.9. The summed E-state index contributed by atoms with van der Waals surface area (Å²) in [6.07, 6.45) is 0.565. The van der Waals surface area contributed by atoms with Gasteiger partial charge >= 0.3 is 11.9 Å². The number of benzene rings is 1. The van der Waals surface area contributed by atoms with Crippen LogP contribution in [0.25, 0.3) is 11.0 Å². The average molecular weight is 263 g/mol.